The Bertz CT molecular complexity index is 898. The monoisotopic (exact) mass is 346 g/mol. The maximum absolute atomic E-state index is 13.1. The van der Waals surface area contributed by atoms with E-state index >= 15 is 0 Å². The first-order valence-corrected chi connectivity index (χ1v) is 8.01. The van der Waals surface area contributed by atoms with E-state index in [1.165, 1.54) is 11.1 Å². The number of anilines is 2. The molecule has 0 spiro atoms. The molecule has 0 saturated heterocycles. The largest absolute Gasteiger partial charge is 0.291 e. The van der Waals surface area contributed by atoms with Gasteiger partial charge in [-0.25, -0.2) is 10.9 Å². The van der Waals surface area contributed by atoms with Gasteiger partial charge in [-0.3, -0.25) is 20.4 Å². The molecule has 2 amide bonds. The van der Waals surface area contributed by atoms with Crippen LogP contribution < -0.4 is 21.7 Å². The molecule has 0 bridgehead atoms. The van der Waals surface area contributed by atoms with Crippen LogP contribution in [0.3, 0.4) is 0 Å². The number of nitrogens with one attached hydrogen (secondary N) is 2. The Kier molecular flexibility index (Phi) is 5.26. The quantitative estimate of drug-likeness (QED) is 0.376. The lowest BCUT2D eigenvalue weighted by Gasteiger charge is -2.24. The summed E-state index contributed by atoms with van der Waals surface area (Å²) >= 11 is 0. The molecule has 6 heteroatoms. The molecular weight excluding hydrogens is 328 g/mol. The third-order valence-corrected chi connectivity index (χ3v) is 3.73. The average molecular weight is 346 g/mol. The van der Waals surface area contributed by atoms with Gasteiger partial charge in [-0.1, -0.05) is 42.5 Å². The fourth-order valence-electron chi connectivity index (χ4n) is 2.46. The van der Waals surface area contributed by atoms with Gasteiger partial charge in [0.15, 0.2) is 0 Å². The molecule has 3 aromatic rings. The molecule has 0 radical (unpaired) electrons. The Hall–Kier alpha value is -3.64. The summed E-state index contributed by atoms with van der Waals surface area (Å²) < 4.78 is 0. The highest BCUT2D eigenvalue weighted by atomic mass is 16.2. The highest BCUT2D eigenvalue weighted by Crippen LogP contribution is 2.19. The predicted molar refractivity (Wildman–Crippen MR) is 101 cm³/mol. The summed E-state index contributed by atoms with van der Waals surface area (Å²) in [6.07, 6.45) is 0. The van der Waals surface area contributed by atoms with Crippen LogP contribution in [0.1, 0.15) is 20.7 Å². The van der Waals surface area contributed by atoms with Gasteiger partial charge in [-0.2, -0.15) is 0 Å². The van der Waals surface area contributed by atoms with Crippen LogP contribution in [0.5, 0.6) is 0 Å². The summed E-state index contributed by atoms with van der Waals surface area (Å²) in [5.41, 5.74) is 7.29. The first kappa shape index (κ1) is 17.2. The van der Waals surface area contributed by atoms with E-state index in [0.717, 1.165) is 5.69 Å². The highest BCUT2D eigenvalue weighted by Gasteiger charge is 2.19. The van der Waals surface area contributed by atoms with Gasteiger partial charge in [-0.15, -0.1) is 0 Å². The molecule has 0 aliphatic carbocycles. The number of nitrogens with two attached hydrogens (primary N) is 1. The van der Waals surface area contributed by atoms with Gasteiger partial charge >= 0.3 is 0 Å². The molecule has 3 aromatic carbocycles. The second-order valence-corrected chi connectivity index (χ2v) is 5.51. The van der Waals surface area contributed by atoms with Crippen molar-refractivity contribution < 1.29 is 9.59 Å². The van der Waals surface area contributed by atoms with Crippen LogP contribution in [0.2, 0.25) is 0 Å². The molecule has 0 aromatic heterocycles. The molecule has 0 fully saturated rings. The molecule has 0 aliphatic heterocycles. The minimum absolute atomic E-state index is 0.299. The predicted octanol–water partition coefficient (Wildman–Crippen LogP) is 2.96. The van der Waals surface area contributed by atoms with Crippen molar-refractivity contribution in [2.45, 2.75) is 0 Å². The van der Waals surface area contributed by atoms with Gasteiger partial charge in [0.2, 0.25) is 0 Å². The Morgan fingerprint density at radius 2 is 1.38 bits per heavy atom. The minimum atomic E-state index is -0.457. The van der Waals surface area contributed by atoms with Gasteiger partial charge in [0.05, 0.1) is 11.4 Å². The van der Waals surface area contributed by atoms with Gasteiger partial charge < -0.3 is 0 Å². The zero-order chi connectivity index (χ0) is 18.4. The van der Waals surface area contributed by atoms with E-state index in [0.29, 0.717) is 16.8 Å². The van der Waals surface area contributed by atoms with Crippen LogP contribution in [0.25, 0.3) is 0 Å². The molecule has 4 N–H and O–H groups in total. The van der Waals surface area contributed by atoms with Crippen molar-refractivity contribution in [1.29, 1.82) is 0 Å². The van der Waals surface area contributed by atoms with Crippen molar-refractivity contribution in [1.82, 2.24) is 5.43 Å². The van der Waals surface area contributed by atoms with E-state index < -0.39 is 5.91 Å². The number of hydrazine groups is 2. The summed E-state index contributed by atoms with van der Waals surface area (Å²) in [4.78, 5) is 24.9. The van der Waals surface area contributed by atoms with Crippen LogP contribution in [0.4, 0.5) is 11.4 Å². The number of nitrogen functional groups attached to an aromatic ring is 1. The number of para-hydroxylation sites is 2. The number of hydrogen-bond acceptors (Lipinski definition) is 4. The van der Waals surface area contributed by atoms with E-state index in [4.69, 9.17) is 5.84 Å². The summed E-state index contributed by atoms with van der Waals surface area (Å²) in [6, 6.07) is 25.0. The van der Waals surface area contributed by atoms with Crippen molar-refractivity contribution in [3.63, 3.8) is 0 Å². The number of hydrogen-bond donors (Lipinski definition) is 3. The zero-order valence-electron chi connectivity index (χ0n) is 13.9. The maximum Gasteiger partial charge on any atom is 0.276 e. The molecule has 0 saturated carbocycles. The molecule has 0 aliphatic rings. The standard InChI is InChI=1S/C20H18N4O2/c21-22-19(25)15-8-7-9-16(14-15)20(26)24(18-12-5-2-6-13-18)23-17-10-3-1-4-11-17/h1-14,23H,21H2,(H,22,25). The second-order valence-electron chi connectivity index (χ2n) is 5.51. The number of rotatable bonds is 5. The third kappa shape index (κ3) is 3.88. The van der Waals surface area contributed by atoms with Crippen LogP contribution in [-0.2, 0) is 0 Å². The molecule has 3 rings (SSSR count). The third-order valence-electron chi connectivity index (χ3n) is 3.73. The summed E-state index contributed by atoms with van der Waals surface area (Å²) in [5.74, 6) is 4.42. The van der Waals surface area contributed by atoms with E-state index in [9.17, 15) is 9.59 Å². The van der Waals surface area contributed by atoms with Gasteiger partial charge in [0, 0.05) is 11.1 Å². The minimum Gasteiger partial charge on any atom is -0.291 e. The van der Waals surface area contributed by atoms with Crippen molar-refractivity contribution in [2.24, 2.45) is 5.84 Å². The van der Waals surface area contributed by atoms with E-state index in [1.54, 1.807) is 18.2 Å². The van der Waals surface area contributed by atoms with Gasteiger partial charge in [0.1, 0.15) is 0 Å². The number of carbonyl (C=O) groups excluding carboxylic acids is 2. The molecule has 130 valence electrons. The Labute approximate surface area is 151 Å². The van der Waals surface area contributed by atoms with Crippen molar-refractivity contribution in [3.05, 3.63) is 96.1 Å². The second kappa shape index (κ2) is 7.96. The summed E-state index contributed by atoms with van der Waals surface area (Å²) in [5, 5.41) is 1.44. The number of nitrogens with zero attached hydrogens (tertiary/aromatic N) is 1. The lowest BCUT2D eigenvalue weighted by Crippen LogP contribution is -2.36. The average Bonchev–Trinajstić information content (AvgIpc) is 2.72. The molecule has 0 heterocycles. The van der Waals surface area contributed by atoms with Crippen LogP contribution in [0, 0.1) is 0 Å². The van der Waals surface area contributed by atoms with Crippen molar-refractivity contribution in [3.8, 4) is 0 Å². The maximum atomic E-state index is 13.1. The van der Waals surface area contributed by atoms with Gasteiger partial charge in [-0.05, 0) is 42.5 Å². The Morgan fingerprint density at radius 1 is 0.769 bits per heavy atom. The van der Waals surface area contributed by atoms with Gasteiger partial charge in [0.25, 0.3) is 11.8 Å². The topological polar surface area (TPSA) is 87.5 Å². The van der Waals surface area contributed by atoms with Crippen molar-refractivity contribution in [2.75, 3.05) is 10.4 Å². The van der Waals surface area contributed by atoms with Crippen LogP contribution >= 0.6 is 0 Å². The molecule has 0 unspecified atom stereocenters. The fourth-order valence-corrected chi connectivity index (χ4v) is 2.46. The van der Waals surface area contributed by atoms with E-state index in [-0.39, 0.29) is 5.91 Å². The fraction of sp³-hybridized carbons (Fsp3) is 0. The molecule has 0 atom stereocenters. The lowest BCUT2D eigenvalue weighted by atomic mass is 10.1. The van der Waals surface area contributed by atoms with Crippen molar-refractivity contribution >= 4 is 23.2 Å². The smallest absolute Gasteiger partial charge is 0.276 e. The van der Waals surface area contributed by atoms with Crippen LogP contribution in [-0.4, -0.2) is 11.8 Å². The van der Waals surface area contributed by atoms with Crippen LogP contribution in [0.15, 0.2) is 84.9 Å². The Morgan fingerprint density at radius 3 is 2.04 bits per heavy atom. The SMILES string of the molecule is NNC(=O)c1cccc(C(=O)N(Nc2ccccc2)c2ccccc2)c1. The normalized spacial score (nSPS) is 10.0. The lowest BCUT2D eigenvalue weighted by molar-refractivity contribution is 0.0953. The first-order chi connectivity index (χ1) is 12.7. The van der Waals surface area contributed by atoms with E-state index in [2.05, 4.69) is 10.9 Å². The summed E-state index contributed by atoms with van der Waals surface area (Å²) in [6.45, 7) is 0. The number of carbonyl (C=O) groups is 2. The molecule has 6 nitrogen and oxygen atoms in total. The number of amides is 2. The molecule has 26 heavy (non-hydrogen) atoms. The number of benzene rings is 3. The van der Waals surface area contributed by atoms with E-state index in [1.807, 2.05) is 60.7 Å². The zero-order valence-corrected chi connectivity index (χ0v) is 13.9. The first-order valence-electron chi connectivity index (χ1n) is 8.01. The highest BCUT2D eigenvalue weighted by molar-refractivity contribution is 6.08. The molecular formula is C20H18N4O2. The Balaban J connectivity index is 1.96. The summed E-state index contributed by atoms with van der Waals surface area (Å²) in [7, 11) is 0.